The number of carbonyl (C=O) groups is 2. The number of nitrogens with zero attached hydrogens (tertiary/aromatic N) is 3. The summed E-state index contributed by atoms with van der Waals surface area (Å²) in [4.78, 5) is 42.1. The number of imidazole rings is 1. The van der Waals surface area contributed by atoms with Crippen LogP contribution in [0.3, 0.4) is 0 Å². The Labute approximate surface area is 229 Å². The number of hydrogen-bond donors (Lipinski definition) is 3. The van der Waals surface area contributed by atoms with Gasteiger partial charge in [0.2, 0.25) is 5.95 Å². The SMILES string of the molecule is COCCNc1nccc(-c2[nH]c(C3(C(N)=O)OCC(C)(C(=O)OCC4CC4)CO3)nc2-c2ccc(F)cc2)n1. The first-order valence-corrected chi connectivity index (χ1v) is 12.9. The summed E-state index contributed by atoms with van der Waals surface area (Å²) < 4.78 is 36.0. The second kappa shape index (κ2) is 11.3. The Morgan fingerprint density at radius 3 is 2.55 bits per heavy atom. The molecule has 12 nitrogen and oxygen atoms in total. The van der Waals surface area contributed by atoms with Crippen molar-refractivity contribution in [3.63, 3.8) is 0 Å². The zero-order valence-corrected chi connectivity index (χ0v) is 22.2. The molecule has 1 saturated heterocycles. The average Bonchev–Trinajstić information content (AvgIpc) is 3.68. The molecular weight excluding hydrogens is 523 g/mol. The fourth-order valence-electron chi connectivity index (χ4n) is 4.15. The van der Waals surface area contributed by atoms with Gasteiger partial charge in [-0.1, -0.05) is 0 Å². The number of hydrogen-bond acceptors (Lipinski definition) is 10. The highest BCUT2D eigenvalue weighted by molar-refractivity contribution is 5.85. The molecule has 2 aromatic heterocycles. The van der Waals surface area contributed by atoms with Crippen LogP contribution in [0.15, 0.2) is 36.5 Å². The van der Waals surface area contributed by atoms with Crippen LogP contribution in [0.1, 0.15) is 25.6 Å². The van der Waals surface area contributed by atoms with E-state index in [4.69, 9.17) is 24.7 Å². The van der Waals surface area contributed by atoms with Crippen LogP contribution in [-0.4, -0.2) is 71.9 Å². The molecular formula is C27H31FN6O6. The number of nitrogens with two attached hydrogens (primary N) is 1. The number of amides is 1. The molecule has 0 bridgehead atoms. The van der Waals surface area contributed by atoms with Gasteiger partial charge >= 0.3 is 11.8 Å². The maximum Gasteiger partial charge on any atom is 0.316 e. The van der Waals surface area contributed by atoms with E-state index >= 15 is 0 Å². The van der Waals surface area contributed by atoms with Gasteiger partial charge in [-0.05, 0) is 56.0 Å². The lowest BCUT2D eigenvalue weighted by Gasteiger charge is -2.40. The minimum Gasteiger partial charge on any atom is -0.465 e. The number of ether oxygens (including phenoxy) is 4. The van der Waals surface area contributed by atoms with E-state index < -0.39 is 28.9 Å². The first-order chi connectivity index (χ1) is 19.2. The first kappa shape index (κ1) is 27.6. The van der Waals surface area contributed by atoms with Crippen LogP contribution in [0.5, 0.6) is 0 Å². The molecule has 212 valence electrons. The number of benzene rings is 1. The van der Waals surface area contributed by atoms with Crippen LogP contribution in [0, 0.1) is 17.2 Å². The minimum absolute atomic E-state index is 0.0461. The average molecular weight is 555 g/mol. The van der Waals surface area contributed by atoms with Gasteiger partial charge in [-0.2, -0.15) is 0 Å². The molecule has 2 aliphatic rings. The van der Waals surface area contributed by atoms with Crippen molar-refractivity contribution in [2.24, 2.45) is 17.1 Å². The van der Waals surface area contributed by atoms with E-state index in [9.17, 15) is 14.0 Å². The van der Waals surface area contributed by atoms with Crippen LogP contribution < -0.4 is 11.1 Å². The summed E-state index contributed by atoms with van der Waals surface area (Å²) >= 11 is 0. The molecule has 0 unspecified atom stereocenters. The number of H-pyrrole nitrogens is 1. The monoisotopic (exact) mass is 554 g/mol. The molecule has 40 heavy (non-hydrogen) atoms. The molecule has 0 radical (unpaired) electrons. The van der Waals surface area contributed by atoms with Crippen molar-refractivity contribution in [1.82, 2.24) is 19.9 Å². The van der Waals surface area contributed by atoms with Gasteiger partial charge in [0.1, 0.15) is 11.2 Å². The molecule has 2 fully saturated rings. The number of anilines is 1. The standard InChI is InChI=1S/C27H31FN6O6/c1-26(24(36)38-13-16-3-4-16)14-39-27(22(29)35,40-15-26)23-33-20(17-5-7-18(28)8-6-17)21(34-23)19-9-10-30-25(32-19)31-11-12-37-2/h5-10,16H,3-4,11-15H2,1-2H3,(H2,29,35)(H,33,34)(H,30,31,32). The van der Waals surface area contributed by atoms with Crippen molar-refractivity contribution in [2.75, 3.05) is 45.4 Å². The maximum atomic E-state index is 13.7. The van der Waals surface area contributed by atoms with E-state index in [-0.39, 0.29) is 19.0 Å². The Morgan fingerprint density at radius 2 is 1.90 bits per heavy atom. The highest BCUT2D eigenvalue weighted by atomic mass is 19.1. The molecule has 1 aliphatic heterocycles. The number of esters is 1. The van der Waals surface area contributed by atoms with Crippen LogP contribution in [0.2, 0.25) is 0 Å². The predicted octanol–water partition coefficient (Wildman–Crippen LogP) is 2.38. The van der Waals surface area contributed by atoms with E-state index in [1.165, 1.54) is 12.1 Å². The molecule has 5 rings (SSSR count). The van der Waals surface area contributed by atoms with Gasteiger partial charge in [-0.15, -0.1) is 0 Å². The Balaban J connectivity index is 1.49. The lowest BCUT2D eigenvalue weighted by atomic mass is 9.91. The highest BCUT2D eigenvalue weighted by Crippen LogP contribution is 2.40. The third kappa shape index (κ3) is 5.67. The van der Waals surface area contributed by atoms with Gasteiger partial charge in [0.15, 0.2) is 5.82 Å². The van der Waals surface area contributed by atoms with E-state index in [0.29, 0.717) is 54.3 Å². The minimum atomic E-state index is -2.12. The summed E-state index contributed by atoms with van der Waals surface area (Å²) in [6.07, 6.45) is 3.63. The molecule has 1 aliphatic carbocycles. The van der Waals surface area contributed by atoms with Gasteiger partial charge in [0.05, 0.1) is 43.5 Å². The maximum absolute atomic E-state index is 13.7. The van der Waals surface area contributed by atoms with Crippen LogP contribution in [0.4, 0.5) is 10.3 Å². The fraction of sp³-hybridized carbons (Fsp3) is 0.444. The summed E-state index contributed by atoms with van der Waals surface area (Å²) in [5, 5.41) is 3.06. The van der Waals surface area contributed by atoms with Gasteiger partial charge in [0, 0.05) is 25.4 Å². The zero-order valence-electron chi connectivity index (χ0n) is 22.2. The lowest BCUT2D eigenvalue weighted by molar-refractivity contribution is -0.293. The molecule has 4 N–H and O–H groups in total. The lowest BCUT2D eigenvalue weighted by Crippen LogP contribution is -2.56. The number of primary amides is 1. The summed E-state index contributed by atoms with van der Waals surface area (Å²) in [5.41, 5.74) is 6.36. The van der Waals surface area contributed by atoms with E-state index in [2.05, 4.69) is 25.3 Å². The number of methoxy groups -OCH3 is 1. The van der Waals surface area contributed by atoms with E-state index in [1.807, 2.05) is 0 Å². The van der Waals surface area contributed by atoms with Gasteiger partial charge in [-0.3, -0.25) is 9.59 Å². The van der Waals surface area contributed by atoms with Crippen LogP contribution >= 0.6 is 0 Å². The fourth-order valence-corrected chi connectivity index (χ4v) is 4.15. The number of aromatic amines is 1. The molecule has 3 aromatic rings. The Morgan fingerprint density at radius 1 is 1.18 bits per heavy atom. The second-order valence-corrected chi connectivity index (χ2v) is 10.2. The number of aromatic nitrogens is 4. The van der Waals surface area contributed by atoms with Crippen molar-refractivity contribution in [3.05, 3.63) is 48.2 Å². The van der Waals surface area contributed by atoms with Crippen molar-refractivity contribution in [3.8, 4) is 22.6 Å². The highest BCUT2D eigenvalue weighted by Gasteiger charge is 2.54. The molecule has 1 saturated carbocycles. The van der Waals surface area contributed by atoms with Gasteiger partial charge < -0.3 is 35.0 Å². The third-order valence-electron chi connectivity index (χ3n) is 6.79. The zero-order chi connectivity index (χ0) is 28.3. The Kier molecular flexibility index (Phi) is 7.79. The van der Waals surface area contributed by atoms with E-state index in [1.54, 1.807) is 38.4 Å². The molecule has 1 amide bonds. The van der Waals surface area contributed by atoms with Gasteiger partial charge in [0.25, 0.3) is 5.91 Å². The number of rotatable bonds is 11. The second-order valence-electron chi connectivity index (χ2n) is 10.2. The van der Waals surface area contributed by atoms with Crippen molar-refractivity contribution in [2.45, 2.75) is 25.6 Å². The van der Waals surface area contributed by atoms with Crippen molar-refractivity contribution in [1.29, 1.82) is 0 Å². The number of halogens is 1. The normalized spacial score (nSPS) is 22.6. The molecule has 1 aromatic carbocycles. The smallest absolute Gasteiger partial charge is 0.316 e. The Hall–Kier alpha value is -3.94. The molecule has 0 spiro atoms. The summed E-state index contributed by atoms with van der Waals surface area (Å²) in [6.45, 7) is 2.53. The van der Waals surface area contributed by atoms with Crippen LogP contribution in [-0.2, 0) is 34.3 Å². The molecule has 13 heteroatoms. The quantitative estimate of drug-likeness (QED) is 0.237. The summed E-state index contributed by atoms with van der Waals surface area (Å²) in [5.74, 6) is -3.29. The van der Waals surface area contributed by atoms with Crippen molar-refractivity contribution < 1.29 is 32.9 Å². The van der Waals surface area contributed by atoms with E-state index in [0.717, 1.165) is 12.8 Å². The summed E-state index contributed by atoms with van der Waals surface area (Å²) in [7, 11) is 1.59. The Bertz CT molecular complexity index is 1370. The van der Waals surface area contributed by atoms with Crippen LogP contribution in [0.25, 0.3) is 22.6 Å². The number of carbonyl (C=O) groups excluding carboxylic acids is 2. The molecule has 0 atom stereocenters. The predicted molar refractivity (Wildman–Crippen MR) is 140 cm³/mol. The van der Waals surface area contributed by atoms with Gasteiger partial charge in [-0.25, -0.2) is 19.3 Å². The van der Waals surface area contributed by atoms with Crippen molar-refractivity contribution >= 4 is 17.8 Å². The topological polar surface area (TPSA) is 164 Å². The first-order valence-electron chi connectivity index (χ1n) is 12.9. The number of nitrogens with one attached hydrogen (secondary N) is 2. The third-order valence-corrected chi connectivity index (χ3v) is 6.79. The summed E-state index contributed by atoms with van der Waals surface area (Å²) in [6, 6.07) is 7.33. The largest absolute Gasteiger partial charge is 0.465 e. The molecule has 3 heterocycles.